The molecule has 0 saturated heterocycles. The van der Waals surface area contributed by atoms with Gasteiger partial charge in [0.25, 0.3) is 0 Å². The molecule has 0 aromatic rings. The summed E-state index contributed by atoms with van der Waals surface area (Å²) in [5.41, 5.74) is 1.56. The lowest BCUT2D eigenvalue weighted by molar-refractivity contribution is 0.128. The molecule has 0 N–H and O–H groups in total. The zero-order valence-electron chi connectivity index (χ0n) is 15.5. The van der Waals surface area contributed by atoms with E-state index in [2.05, 4.69) is 85.5 Å². The number of hydrogen-bond donors (Lipinski definition) is 0. The molecule has 0 bridgehead atoms. The van der Waals surface area contributed by atoms with Gasteiger partial charge in [-0.3, -0.25) is 0 Å². The highest BCUT2D eigenvalue weighted by Crippen LogP contribution is 2.46. The van der Waals surface area contributed by atoms with Gasteiger partial charge in [-0.15, -0.1) is 5.92 Å². The molecule has 0 nitrogen and oxygen atoms in total. The highest BCUT2D eigenvalue weighted by molar-refractivity contribution is 5.23. The first-order valence-corrected chi connectivity index (χ1v) is 7.85. The van der Waals surface area contributed by atoms with Crippen LogP contribution in [0.4, 0.5) is 0 Å². The minimum atomic E-state index is 0.00388. The van der Waals surface area contributed by atoms with E-state index in [1.807, 2.05) is 13.8 Å². The average Bonchev–Trinajstić information content (AvgIpc) is 2.34. The number of rotatable bonds is 3. The maximum Gasteiger partial charge on any atom is 0.0397 e. The highest BCUT2D eigenvalue weighted by Gasteiger charge is 2.41. The Morgan fingerprint density at radius 1 is 1.15 bits per heavy atom. The van der Waals surface area contributed by atoms with Crippen LogP contribution in [-0.4, -0.2) is 0 Å². The summed E-state index contributed by atoms with van der Waals surface area (Å²) in [6.45, 7) is 21.8. The number of allylic oxidation sites excluding steroid dienone is 4. The van der Waals surface area contributed by atoms with E-state index in [1.54, 1.807) is 0 Å². The van der Waals surface area contributed by atoms with Crippen LogP contribution in [0.3, 0.4) is 0 Å². The molecule has 0 amide bonds. The van der Waals surface area contributed by atoms with E-state index in [9.17, 15) is 0 Å². The molecule has 0 aromatic heterocycles. The van der Waals surface area contributed by atoms with E-state index < -0.39 is 0 Å². The quantitative estimate of drug-likeness (QED) is 0.400. The second kappa shape index (κ2) is 9.87. The van der Waals surface area contributed by atoms with Crippen molar-refractivity contribution in [1.29, 1.82) is 0 Å². The second-order valence-corrected chi connectivity index (χ2v) is 6.69. The van der Waals surface area contributed by atoms with Crippen molar-refractivity contribution in [2.24, 2.45) is 16.7 Å². The van der Waals surface area contributed by atoms with Crippen LogP contribution in [-0.2, 0) is 0 Å². The van der Waals surface area contributed by atoms with E-state index in [1.165, 1.54) is 12.0 Å². The van der Waals surface area contributed by atoms with Crippen LogP contribution in [0.2, 0.25) is 0 Å². The van der Waals surface area contributed by atoms with E-state index in [4.69, 9.17) is 0 Å². The zero-order valence-corrected chi connectivity index (χ0v) is 15.5. The van der Waals surface area contributed by atoms with Crippen LogP contribution in [0, 0.1) is 28.6 Å². The van der Waals surface area contributed by atoms with Crippen molar-refractivity contribution < 1.29 is 0 Å². The second-order valence-electron chi connectivity index (χ2n) is 6.69. The standard InChI is InChI=1S/C17H28.C3H8/c1-9-11-12-14(3)15(4)17(8,13-10-2)16(5,6)7;1-3-2/h9,11-12,15H,1-8H3;3H2,1-2H3/b11-9-,14-12+;. The Balaban J connectivity index is 0. The summed E-state index contributed by atoms with van der Waals surface area (Å²) < 4.78 is 0. The summed E-state index contributed by atoms with van der Waals surface area (Å²) in [6, 6.07) is 0. The Morgan fingerprint density at radius 3 is 1.90 bits per heavy atom. The molecule has 116 valence electrons. The first-order valence-electron chi connectivity index (χ1n) is 7.85. The molecular weight excluding hydrogens is 240 g/mol. The summed E-state index contributed by atoms with van der Waals surface area (Å²) in [5, 5.41) is 0. The van der Waals surface area contributed by atoms with Crippen molar-refractivity contribution in [2.75, 3.05) is 0 Å². The molecule has 0 heteroatoms. The topological polar surface area (TPSA) is 0 Å². The number of hydrogen-bond acceptors (Lipinski definition) is 0. The van der Waals surface area contributed by atoms with Gasteiger partial charge in [-0.05, 0) is 39.0 Å². The predicted octanol–water partition coefficient (Wildman–Crippen LogP) is 6.64. The van der Waals surface area contributed by atoms with E-state index in [0.29, 0.717) is 5.92 Å². The maximum absolute atomic E-state index is 3.44. The molecule has 0 rings (SSSR count). The zero-order chi connectivity index (χ0) is 16.4. The summed E-state index contributed by atoms with van der Waals surface area (Å²) in [5.74, 6) is 7.00. The van der Waals surface area contributed by atoms with Crippen molar-refractivity contribution >= 4 is 0 Å². The highest BCUT2D eigenvalue weighted by atomic mass is 14.4. The third-order valence-corrected chi connectivity index (χ3v) is 4.04. The average molecular weight is 277 g/mol. The molecule has 0 fully saturated rings. The van der Waals surface area contributed by atoms with Crippen molar-refractivity contribution in [2.45, 2.75) is 75.7 Å². The van der Waals surface area contributed by atoms with Gasteiger partial charge in [0.2, 0.25) is 0 Å². The largest absolute Gasteiger partial charge is 0.106 e. The van der Waals surface area contributed by atoms with Crippen LogP contribution < -0.4 is 0 Å². The molecule has 0 aliphatic carbocycles. The first kappa shape index (κ1) is 21.3. The van der Waals surface area contributed by atoms with Gasteiger partial charge in [-0.25, -0.2) is 0 Å². The Labute approximate surface area is 128 Å². The van der Waals surface area contributed by atoms with E-state index in [-0.39, 0.29) is 10.8 Å². The minimum Gasteiger partial charge on any atom is -0.106 e. The Kier molecular flexibility index (Phi) is 10.5. The van der Waals surface area contributed by atoms with Gasteiger partial charge in [0.15, 0.2) is 0 Å². The van der Waals surface area contributed by atoms with Crippen LogP contribution >= 0.6 is 0 Å². The smallest absolute Gasteiger partial charge is 0.0397 e. The predicted molar refractivity (Wildman–Crippen MR) is 94.7 cm³/mol. The SMILES string of the molecule is CC#CC(C)(C(C)/C(C)=C/C=C\C)C(C)(C)C.CCC. The third kappa shape index (κ3) is 6.47. The van der Waals surface area contributed by atoms with Crippen molar-refractivity contribution in [3.8, 4) is 11.8 Å². The van der Waals surface area contributed by atoms with Gasteiger partial charge in [-0.2, -0.15) is 0 Å². The minimum absolute atomic E-state index is 0.00388. The summed E-state index contributed by atoms with van der Waals surface area (Å²) >= 11 is 0. The van der Waals surface area contributed by atoms with Crippen LogP contribution in [0.15, 0.2) is 23.8 Å². The first-order chi connectivity index (χ1) is 9.12. The Hall–Kier alpha value is -0.960. The lowest BCUT2D eigenvalue weighted by atomic mass is 9.60. The summed E-state index contributed by atoms with van der Waals surface area (Å²) in [6.07, 6.45) is 7.62. The van der Waals surface area contributed by atoms with Crippen LogP contribution in [0.1, 0.15) is 75.7 Å². The third-order valence-electron chi connectivity index (χ3n) is 4.04. The maximum atomic E-state index is 3.44. The lowest BCUT2D eigenvalue weighted by Gasteiger charge is -2.43. The molecule has 0 saturated carbocycles. The Morgan fingerprint density at radius 2 is 1.60 bits per heavy atom. The van der Waals surface area contributed by atoms with Crippen molar-refractivity contribution in [3.63, 3.8) is 0 Å². The van der Waals surface area contributed by atoms with Gasteiger partial charge < -0.3 is 0 Å². The Bertz CT molecular complexity index is 365. The molecule has 0 spiro atoms. The molecule has 2 unspecified atom stereocenters. The van der Waals surface area contributed by atoms with Gasteiger partial charge in [0, 0.05) is 5.41 Å². The normalized spacial score (nSPS) is 16.6. The van der Waals surface area contributed by atoms with Crippen molar-refractivity contribution in [3.05, 3.63) is 23.8 Å². The fraction of sp³-hybridized carbons (Fsp3) is 0.700. The molecule has 20 heavy (non-hydrogen) atoms. The summed E-state index contributed by atoms with van der Waals surface area (Å²) in [7, 11) is 0. The molecule has 2 atom stereocenters. The lowest BCUT2D eigenvalue weighted by Crippen LogP contribution is -2.38. The van der Waals surface area contributed by atoms with E-state index in [0.717, 1.165) is 0 Å². The van der Waals surface area contributed by atoms with Gasteiger partial charge in [0.1, 0.15) is 0 Å². The molecule has 0 aliphatic heterocycles. The van der Waals surface area contributed by atoms with Gasteiger partial charge >= 0.3 is 0 Å². The molecular formula is C20H36. The van der Waals surface area contributed by atoms with Crippen LogP contribution in [0.25, 0.3) is 0 Å². The van der Waals surface area contributed by atoms with Gasteiger partial charge in [-0.1, -0.05) is 77.7 Å². The summed E-state index contributed by atoms with van der Waals surface area (Å²) in [4.78, 5) is 0. The monoisotopic (exact) mass is 276 g/mol. The van der Waals surface area contributed by atoms with Gasteiger partial charge in [0.05, 0.1) is 0 Å². The van der Waals surface area contributed by atoms with E-state index >= 15 is 0 Å². The molecule has 0 heterocycles. The fourth-order valence-electron chi connectivity index (χ4n) is 2.05. The molecule has 0 aromatic carbocycles. The molecule has 0 radical (unpaired) electrons. The fourth-order valence-corrected chi connectivity index (χ4v) is 2.05. The molecule has 0 aliphatic rings. The van der Waals surface area contributed by atoms with Crippen molar-refractivity contribution in [1.82, 2.24) is 0 Å². The van der Waals surface area contributed by atoms with Crippen LogP contribution in [0.5, 0.6) is 0 Å².